The highest BCUT2D eigenvalue weighted by Crippen LogP contribution is 2.24. The number of benzene rings is 2. The molecule has 3 rings (SSSR count). The van der Waals surface area contributed by atoms with Crippen molar-refractivity contribution >= 4 is 11.8 Å². The lowest BCUT2D eigenvalue weighted by molar-refractivity contribution is -0.134. The van der Waals surface area contributed by atoms with Gasteiger partial charge in [-0.25, -0.2) is 0 Å². The number of piperidine rings is 1. The lowest BCUT2D eigenvalue weighted by Gasteiger charge is -2.34. The van der Waals surface area contributed by atoms with E-state index < -0.39 is 0 Å². The van der Waals surface area contributed by atoms with Gasteiger partial charge in [0.1, 0.15) is 5.75 Å². The third-order valence-corrected chi connectivity index (χ3v) is 5.79. The molecule has 160 valence electrons. The quantitative estimate of drug-likeness (QED) is 0.743. The molecule has 1 fully saturated rings. The third-order valence-electron chi connectivity index (χ3n) is 5.79. The van der Waals surface area contributed by atoms with Gasteiger partial charge in [-0.3, -0.25) is 9.59 Å². The van der Waals surface area contributed by atoms with E-state index in [0.717, 1.165) is 36.1 Å². The van der Waals surface area contributed by atoms with E-state index in [-0.39, 0.29) is 23.8 Å². The monoisotopic (exact) mass is 408 g/mol. The second-order valence-electron chi connectivity index (χ2n) is 7.86. The number of aryl methyl sites for hydroxylation is 1. The minimum absolute atomic E-state index is 0.0679. The molecule has 5 heteroatoms. The van der Waals surface area contributed by atoms with Crippen LogP contribution < -0.4 is 10.1 Å². The minimum atomic E-state index is -0.0934. The van der Waals surface area contributed by atoms with Crippen LogP contribution in [0.3, 0.4) is 0 Å². The number of rotatable bonds is 7. The van der Waals surface area contributed by atoms with Crippen molar-refractivity contribution in [3.8, 4) is 5.75 Å². The maximum atomic E-state index is 13.0. The molecule has 1 atom stereocenters. The van der Waals surface area contributed by atoms with Gasteiger partial charge in [0.2, 0.25) is 5.91 Å². The molecule has 1 N–H and O–H groups in total. The van der Waals surface area contributed by atoms with Crippen LogP contribution in [0.2, 0.25) is 0 Å². The summed E-state index contributed by atoms with van der Waals surface area (Å²) in [5, 5.41) is 3.13. The number of likely N-dealkylation sites (tertiary alicyclic amines) is 1. The van der Waals surface area contributed by atoms with Gasteiger partial charge in [0.15, 0.2) is 0 Å². The van der Waals surface area contributed by atoms with E-state index in [9.17, 15) is 9.59 Å². The first-order valence-electron chi connectivity index (χ1n) is 10.9. The van der Waals surface area contributed by atoms with Crippen molar-refractivity contribution in [1.29, 1.82) is 0 Å². The van der Waals surface area contributed by atoms with Crippen molar-refractivity contribution in [3.05, 3.63) is 65.2 Å². The SMILES string of the molecule is CCOc1ccc(C(=O)NC2CCN(C(=O)C(CC)c3ccccc3)CC2)cc1C. The molecule has 0 bridgehead atoms. The molecule has 30 heavy (non-hydrogen) atoms. The van der Waals surface area contributed by atoms with E-state index in [2.05, 4.69) is 12.2 Å². The summed E-state index contributed by atoms with van der Waals surface area (Å²) in [7, 11) is 0. The van der Waals surface area contributed by atoms with Crippen LogP contribution in [0.5, 0.6) is 5.75 Å². The Kier molecular flexibility index (Phi) is 7.50. The zero-order chi connectivity index (χ0) is 21.5. The number of amides is 2. The van der Waals surface area contributed by atoms with Gasteiger partial charge in [-0.1, -0.05) is 37.3 Å². The molecule has 2 aromatic rings. The van der Waals surface area contributed by atoms with Gasteiger partial charge >= 0.3 is 0 Å². The van der Waals surface area contributed by atoms with E-state index in [1.54, 1.807) is 6.07 Å². The standard InChI is InChI=1S/C25H32N2O3/c1-4-22(19-9-7-6-8-10-19)25(29)27-15-13-21(14-16-27)26-24(28)20-11-12-23(30-5-2)18(3)17-20/h6-12,17,21-22H,4-5,13-16H2,1-3H3,(H,26,28). The first kappa shape index (κ1) is 21.9. The molecule has 1 unspecified atom stereocenters. The molecule has 2 amide bonds. The van der Waals surface area contributed by atoms with E-state index in [1.165, 1.54) is 0 Å². The van der Waals surface area contributed by atoms with E-state index in [1.807, 2.05) is 61.2 Å². The van der Waals surface area contributed by atoms with Crippen molar-refractivity contribution in [2.24, 2.45) is 0 Å². The lowest BCUT2D eigenvalue weighted by Crippen LogP contribution is -2.47. The molecule has 1 saturated heterocycles. The predicted molar refractivity (Wildman–Crippen MR) is 119 cm³/mol. The molecule has 1 aliphatic heterocycles. The average Bonchev–Trinajstić information content (AvgIpc) is 2.77. The topological polar surface area (TPSA) is 58.6 Å². The van der Waals surface area contributed by atoms with Crippen LogP contribution >= 0.6 is 0 Å². The van der Waals surface area contributed by atoms with E-state index in [0.29, 0.717) is 25.3 Å². The maximum Gasteiger partial charge on any atom is 0.251 e. The lowest BCUT2D eigenvalue weighted by atomic mass is 9.93. The van der Waals surface area contributed by atoms with Gasteiger partial charge in [0.05, 0.1) is 12.5 Å². The number of carbonyl (C=O) groups is 2. The zero-order valence-electron chi connectivity index (χ0n) is 18.2. The summed E-state index contributed by atoms with van der Waals surface area (Å²) in [6.07, 6.45) is 2.34. The number of nitrogens with one attached hydrogen (secondary N) is 1. The predicted octanol–water partition coefficient (Wildman–Crippen LogP) is 4.31. The molecule has 0 spiro atoms. The number of carbonyl (C=O) groups excluding carboxylic acids is 2. The summed E-state index contributed by atoms with van der Waals surface area (Å²) in [5.41, 5.74) is 2.67. The third kappa shape index (κ3) is 5.21. The molecule has 0 saturated carbocycles. The van der Waals surface area contributed by atoms with Crippen LogP contribution in [0.15, 0.2) is 48.5 Å². The largest absolute Gasteiger partial charge is 0.494 e. The van der Waals surface area contributed by atoms with Crippen molar-refractivity contribution in [1.82, 2.24) is 10.2 Å². The molecule has 1 aliphatic rings. The van der Waals surface area contributed by atoms with Crippen LogP contribution in [0, 0.1) is 6.92 Å². The summed E-state index contributed by atoms with van der Waals surface area (Å²) in [5.74, 6) is 0.839. The van der Waals surface area contributed by atoms with Crippen molar-refractivity contribution in [2.75, 3.05) is 19.7 Å². The smallest absolute Gasteiger partial charge is 0.251 e. The zero-order valence-corrected chi connectivity index (χ0v) is 18.2. The second-order valence-corrected chi connectivity index (χ2v) is 7.86. The van der Waals surface area contributed by atoms with Gasteiger partial charge in [0, 0.05) is 24.7 Å². The highest BCUT2D eigenvalue weighted by Gasteiger charge is 2.29. The Hall–Kier alpha value is -2.82. The second kappa shape index (κ2) is 10.3. The summed E-state index contributed by atoms with van der Waals surface area (Å²) >= 11 is 0. The van der Waals surface area contributed by atoms with Gasteiger partial charge < -0.3 is 15.0 Å². The normalized spacial score (nSPS) is 15.5. The fourth-order valence-electron chi connectivity index (χ4n) is 4.08. The van der Waals surface area contributed by atoms with Crippen molar-refractivity contribution < 1.29 is 14.3 Å². The first-order chi connectivity index (χ1) is 14.5. The Balaban J connectivity index is 1.54. The van der Waals surface area contributed by atoms with Crippen LogP contribution in [-0.2, 0) is 4.79 Å². The molecule has 5 nitrogen and oxygen atoms in total. The molecular formula is C25H32N2O3. The highest BCUT2D eigenvalue weighted by molar-refractivity contribution is 5.94. The fraction of sp³-hybridized carbons (Fsp3) is 0.440. The summed E-state index contributed by atoms with van der Waals surface area (Å²) in [6, 6.07) is 15.6. The maximum absolute atomic E-state index is 13.0. The minimum Gasteiger partial charge on any atom is -0.494 e. The molecule has 1 heterocycles. The molecule has 0 radical (unpaired) electrons. The van der Waals surface area contributed by atoms with E-state index in [4.69, 9.17) is 4.74 Å². The molecular weight excluding hydrogens is 376 g/mol. The van der Waals surface area contributed by atoms with E-state index >= 15 is 0 Å². The van der Waals surface area contributed by atoms with Gasteiger partial charge in [0.25, 0.3) is 5.91 Å². The van der Waals surface area contributed by atoms with Gasteiger partial charge in [-0.15, -0.1) is 0 Å². The Morgan fingerprint density at radius 3 is 2.40 bits per heavy atom. The summed E-state index contributed by atoms with van der Waals surface area (Å²) in [4.78, 5) is 27.6. The van der Waals surface area contributed by atoms with Crippen molar-refractivity contribution in [2.45, 2.75) is 52.0 Å². The molecule has 0 aliphatic carbocycles. The van der Waals surface area contributed by atoms with Crippen LogP contribution in [0.4, 0.5) is 0 Å². The number of nitrogens with zero attached hydrogens (tertiary/aromatic N) is 1. The van der Waals surface area contributed by atoms with Crippen molar-refractivity contribution in [3.63, 3.8) is 0 Å². The Labute approximate surface area is 179 Å². The fourth-order valence-corrected chi connectivity index (χ4v) is 4.08. The molecule has 0 aromatic heterocycles. The number of ether oxygens (including phenoxy) is 1. The first-order valence-corrected chi connectivity index (χ1v) is 10.9. The van der Waals surface area contributed by atoms with Crippen LogP contribution in [0.25, 0.3) is 0 Å². The number of hydrogen-bond donors (Lipinski definition) is 1. The Morgan fingerprint density at radius 1 is 1.10 bits per heavy atom. The Morgan fingerprint density at radius 2 is 1.80 bits per heavy atom. The van der Waals surface area contributed by atoms with Gasteiger partial charge in [-0.05, 0) is 62.4 Å². The molecule has 2 aromatic carbocycles. The van der Waals surface area contributed by atoms with Crippen LogP contribution in [0.1, 0.15) is 60.5 Å². The number of hydrogen-bond acceptors (Lipinski definition) is 3. The highest BCUT2D eigenvalue weighted by atomic mass is 16.5. The summed E-state index contributed by atoms with van der Waals surface area (Å²) in [6.45, 7) is 7.90. The van der Waals surface area contributed by atoms with Gasteiger partial charge in [-0.2, -0.15) is 0 Å². The summed E-state index contributed by atoms with van der Waals surface area (Å²) < 4.78 is 5.55. The Bertz CT molecular complexity index is 858. The average molecular weight is 409 g/mol. The van der Waals surface area contributed by atoms with Crippen LogP contribution in [-0.4, -0.2) is 42.5 Å².